The number of fused-ring (bicyclic) bond motifs is 1. The van der Waals surface area contributed by atoms with E-state index in [0.29, 0.717) is 11.8 Å². The molecule has 1 aliphatic heterocycles. The molecule has 0 saturated heterocycles. The molecule has 2 aromatic carbocycles. The van der Waals surface area contributed by atoms with Crippen LogP contribution >= 0.6 is 31.9 Å². The minimum absolute atomic E-state index is 0.251. The van der Waals surface area contributed by atoms with E-state index in [4.69, 9.17) is 5.10 Å². The summed E-state index contributed by atoms with van der Waals surface area (Å²) in [7, 11) is 0. The van der Waals surface area contributed by atoms with Crippen LogP contribution in [0.1, 0.15) is 50.8 Å². The molecular weight excluding hydrogens is 476 g/mol. The zero-order valence-electron chi connectivity index (χ0n) is 16.5. The van der Waals surface area contributed by atoms with Gasteiger partial charge < -0.3 is 5.43 Å². The molecule has 2 nitrogen and oxygen atoms in total. The first-order valence-corrected chi connectivity index (χ1v) is 11.4. The summed E-state index contributed by atoms with van der Waals surface area (Å²) in [6.45, 7) is 7.11. The molecule has 2 aromatic rings. The summed E-state index contributed by atoms with van der Waals surface area (Å²) < 4.78 is 2.22. The van der Waals surface area contributed by atoms with Gasteiger partial charge in [0.25, 0.3) is 0 Å². The van der Waals surface area contributed by atoms with E-state index in [-0.39, 0.29) is 11.5 Å². The van der Waals surface area contributed by atoms with Gasteiger partial charge in [0.15, 0.2) is 0 Å². The topological polar surface area (TPSA) is 24.4 Å². The highest BCUT2D eigenvalue weighted by atomic mass is 79.9. The van der Waals surface area contributed by atoms with Crippen LogP contribution in [0.2, 0.25) is 0 Å². The van der Waals surface area contributed by atoms with Gasteiger partial charge in [0.1, 0.15) is 0 Å². The second-order valence-corrected chi connectivity index (χ2v) is 10.8. The van der Waals surface area contributed by atoms with Crippen LogP contribution in [-0.2, 0) is 0 Å². The molecule has 0 amide bonds. The summed E-state index contributed by atoms with van der Waals surface area (Å²) in [5.74, 6) is 1.05. The first-order chi connectivity index (χ1) is 13.3. The zero-order valence-corrected chi connectivity index (χ0v) is 19.7. The van der Waals surface area contributed by atoms with Gasteiger partial charge in [-0.3, -0.25) is 0 Å². The fraction of sp³-hybridized carbons (Fsp3) is 0.375. The molecule has 0 bridgehead atoms. The quantitative estimate of drug-likeness (QED) is 0.456. The van der Waals surface area contributed by atoms with Crippen molar-refractivity contribution in [3.05, 3.63) is 74.2 Å². The molecule has 1 aliphatic carbocycles. The second-order valence-electron chi connectivity index (χ2n) is 8.99. The molecule has 1 heterocycles. The molecule has 1 N–H and O–H groups in total. The molecule has 1 fully saturated rings. The maximum atomic E-state index is 4.83. The molecule has 4 heteroatoms. The summed E-state index contributed by atoms with van der Waals surface area (Å²) in [4.78, 5) is 0. The normalized spacial score (nSPS) is 26.0. The minimum atomic E-state index is 0.251. The van der Waals surface area contributed by atoms with Gasteiger partial charge in [0.05, 0.1) is 11.8 Å². The fourth-order valence-corrected chi connectivity index (χ4v) is 4.85. The SMILES string of the molecule is CC(C)(C)[C@@H]1C/C(=C/c2ccc(Br)cc2)C2=NN[C@H](c3ccc(Br)cc3)[C@@H]2C1. The highest BCUT2D eigenvalue weighted by Crippen LogP contribution is 2.47. The molecule has 0 spiro atoms. The number of allylic oxidation sites excluding steroid dienone is 1. The van der Waals surface area contributed by atoms with Crippen molar-refractivity contribution in [2.45, 2.75) is 39.7 Å². The fourth-order valence-electron chi connectivity index (χ4n) is 4.32. The van der Waals surface area contributed by atoms with Gasteiger partial charge in [-0.25, -0.2) is 0 Å². The maximum absolute atomic E-state index is 4.83. The van der Waals surface area contributed by atoms with Crippen molar-refractivity contribution < 1.29 is 0 Å². The van der Waals surface area contributed by atoms with Crippen molar-refractivity contribution >= 4 is 43.6 Å². The van der Waals surface area contributed by atoms with Gasteiger partial charge >= 0.3 is 0 Å². The highest BCUT2D eigenvalue weighted by Gasteiger charge is 2.43. The molecule has 2 aliphatic rings. The van der Waals surface area contributed by atoms with Crippen LogP contribution in [0.15, 0.2) is 68.2 Å². The van der Waals surface area contributed by atoms with E-state index >= 15 is 0 Å². The van der Waals surface area contributed by atoms with Gasteiger partial charge in [0.2, 0.25) is 0 Å². The van der Waals surface area contributed by atoms with E-state index in [1.54, 1.807) is 0 Å². The molecule has 28 heavy (non-hydrogen) atoms. The molecule has 4 rings (SSSR count). The van der Waals surface area contributed by atoms with Gasteiger partial charge in [-0.1, -0.05) is 76.9 Å². The first kappa shape index (κ1) is 19.9. The van der Waals surface area contributed by atoms with E-state index in [9.17, 15) is 0 Å². The van der Waals surface area contributed by atoms with Crippen LogP contribution in [-0.4, -0.2) is 5.71 Å². The van der Waals surface area contributed by atoms with Crippen molar-refractivity contribution in [3.63, 3.8) is 0 Å². The van der Waals surface area contributed by atoms with Crippen LogP contribution in [0.5, 0.6) is 0 Å². The lowest BCUT2D eigenvalue weighted by molar-refractivity contribution is 0.194. The zero-order chi connectivity index (χ0) is 19.9. The van der Waals surface area contributed by atoms with E-state index in [1.165, 1.54) is 28.8 Å². The molecule has 0 radical (unpaired) electrons. The van der Waals surface area contributed by atoms with Crippen LogP contribution in [0, 0.1) is 17.3 Å². The van der Waals surface area contributed by atoms with Crippen LogP contribution in [0.3, 0.4) is 0 Å². The number of nitrogens with zero attached hydrogens (tertiary/aromatic N) is 1. The number of benzene rings is 2. The van der Waals surface area contributed by atoms with E-state index < -0.39 is 0 Å². The van der Waals surface area contributed by atoms with Crippen LogP contribution in [0.4, 0.5) is 0 Å². The van der Waals surface area contributed by atoms with Gasteiger partial charge in [0, 0.05) is 14.9 Å². The highest BCUT2D eigenvalue weighted by molar-refractivity contribution is 9.10. The molecule has 0 aromatic heterocycles. The molecule has 146 valence electrons. The third-order valence-electron chi connectivity index (χ3n) is 6.08. The first-order valence-electron chi connectivity index (χ1n) is 9.86. The Morgan fingerprint density at radius 1 is 0.964 bits per heavy atom. The molecule has 3 atom stereocenters. The predicted molar refractivity (Wildman–Crippen MR) is 125 cm³/mol. The van der Waals surface area contributed by atoms with Crippen molar-refractivity contribution in [3.8, 4) is 0 Å². The van der Waals surface area contributed by atoms with Crippen molar-refractivity contribution in [2.24, 2.45) is 22.4 Å². The maximum Gasteiger partial charge on any atom is 0.0774 e. The Balaban J connectivity index is 1.69. The molecule has 0 unspecified atom stereocenters. The third-order valence-corrected chi connectivity index (χ3v) is 7.13. The van der Waals surface area contributed by atoms with Crippen molar-refractivity contribution in [1.82, 2.24) is 5.43 Å². The lowest BCUT2D eigenvalue weighted by Gasteiger charge is -2.39. The van der Waals surface area contributed by atoms with Gasteiger partial charge in [-0.2, -0.15) is 5.10 Å². The largest absolute Gasteiger partial charge is 0.302 e. The molecule has 1 saturated carbocycles. The third kappa shape index (κ3) is 4.13. The van der Waals surface area contributed by atoms with E-state index in [1.807, 2.05) is 0 Å². The Labute approximate surface area is 184 Å². The summed E-state index contributed by atoms with van der Waals surface area (Å²) in [5.41, 5.74) is 8.90. The Morgan fingerprint density at radius 3 is 2.18 bits per heavy atom. The Bertz CT molecular complexity index is 905. The van der Waals surface area contributed by atoms with Gasteiger partial charge in [-0.05, 0) is 71.2 Å². The number of halogens is 2. The Hall–Kier alpha value is -1.39. The summed E-state index contributed by atoms with van der Waals surface area (Å²) in [6, 6.07) is 17.5. The number of rotatable bonds is 2. The lowest BCUT2D eigenvalue weighted by Crippen LogP contribution is -2.35. The summed E-state index contributed by atoms with van der Waals surface area (Å²) >= 11 is 7.08. The number of hydrogen-bond donors (Lipinski definition) is 1. The number of hydrazone groups is 1. The number of hydrogen-bond acceptors (Lipinski definition) is 2. The van der Waals surface area contributed by atoms with E-state index in [0.717, 1.165) is 15.4 Å². The lowest BCUT2D eigenvalue weighted by atomic mass is 9.65. The van der Waals surface area contributed by atoms with E-state index in [2.05, 4.69) is 113 Å². The number of nitrogens with one attached hydrogen (secondary N) is 1. The average Bonchev–Trinajstić information content (AvgIpc) is 3.08. The smallest absolute Gasteiger partial charge is 0.0774 e. The summed E-state index contributed by atoms with van der Waals surface area (Å²) in [6.07, 6.45) is 4.60. The summed E-state index contributed by atoms with van der Waals surface area (Å²) in [5, 5.41) is 4.83. The van der Waals surface area contributed by atoms with Gasteiger partial charge in [-0.15, -0.1) is 0 Å². The Morgan fingerprint density at radius 2 is 1.57 bits per heavy atom. The minimum Gasteiger partial charge on any atom is -0.302 e. The Kier molecular flexibility index (Phi) is 5.54. The average molecular weight is 502 g/mol. The van der Waals surface area contributed by atoms with Crippen molar-refractivity contribution in [1.29, 1.82) is 0 Å². The second kappa shape index (κ2) is 7.79. The molecular formula is C24H26Br2N2. The van der Waals surface area contributed by atoms with Crippen molar-refractivity contribution in [2.75, 3.05) is 0 Å². The predicted octanol–water partition coefficient (Wildman–Crippen LogP) is 7.37. The van der Waals surface area contributed by atoms with Crippen LogP contribution in [0.25, 0.3) is 6.08 Å². The van der Waals surface area contributed by atoms with Crippen LogP contribution < -0.4 is 5.43 Å². The monoisotopic (exact) mass is 500 g/mol. The standard InChI is InChI=1S/C24H26Br2N2/c1-24(2,3)18-13-17(12-15-4-8-19(25)9-5-15)23-21(14-18)22(27-28-23)16-6-10-20(26)11-7-16/h4-12,18,21-22,27H,13-14H2,1-3H3/b17-12-/t18-,21+,22-/m1/s1.